The quantitative estimate of drug-likeness (QED) is 0.855. The molecule has 98 valence electrons. The van der Waals surface area contributed by atoms with Gasteiger partial charge in [0.15, 0.2) is 17.6 Å². The smallest absolute Gasteiger partial charge is 0.331 e. The molecule has 6 heteroatoms. The minimum absolute atomic E-state index is 0.106. The zero-order valence-corrected chi connectivity index (χ0v) is 10.1. The molecule has 0 saturated carbocycles. The number of hydrogen-bond acceptors (Lipinski definition) is 3. The molecule has 1 unspecified atom stereocenters. The lowest BCUT2D eigenvalue weighted by Gasteiger charge is -2.27. The van der Waals surface area contributed by atoms with Crippen molar-refractivity contribution in [3.05, 3.63) is 29.6 Å². The summed E-state index contributed by atoms with van der Waals surface area (Å²) in [5.41, 5.74) is 0.106. The standard InChI is InChI=1S/C12H14FNO4/c1-3-14(7(2)15)11(12(17)18)8-4-5-10(16)9(13)6-8/h4-6,11,16H,3H2,1-2H3,(H,17,18). The molecule has 0 radical (unpaired) electrons. The van der Waals surface area contributed by atoms with Crippen molar-refractivity contribution in [3.63, 3.8) is 0 Å². The van der Waals surface area contributed by atoms with Gasteiger partial charge in [-0.3, -0.25) is 4.79 Å². The number of nitrogens with zero attached hydrogens (tertiary/aromatic N) is 1. The number of carboxylic acids is 1. The summed E-state index contributed by atoms with van der Waals surface area (Å²) in [6.07, 6.45) is 0. The van der Waals surface area contributed by atoms with E-state index in [1.54, 1.807) is 6.92 Å². The highest BCUT2D eigenvalue weighted by molar-refractivity contribution is 5.83. The van der Waals surface area contributed by atoms with Gasteiger partial charge in [0, 0.05) is 13.5 Å². The predicted molar refractivity (Wildman–Crippen MR) is 61.5 cm³/mol. The second-order valence-electron chi connectivity index (χ2n) is 3.76. The van der Waals surface area contributed by atoms with Gasteiger partial charge < -0.3 is 15.1 Å². The molecule has 18 heavy (non-hydrogen) atoms. The van der Waals surface area contributed by atoms with Crippen LogP contribution in [0.25, 0.3) is 0 Å². The van der Waals surface area contributed by atoms with Crippen LogP contribution in [-0.4, -0.2) is 33.5 Å². The summed E-state index contributed by atoms with van der Waals surface area (Å²) in [6, 6.07) is 2.00. The molecule has 0 saturated heterocycles. The Kier molecular flexibility index (Phi) is 4.25. The van der Waals surface area contributed by atoms with Crippen LogP contribution in [0.1, 0.15) is 25.5 Å². The van der Waals surface area contributed by atoms with Crippen molar-refractivity contribution in [2.75, 3.05) is 6.54 Å². The third kappa shape index (κ3) is 2.77. The van der Waals surface area contributed by atoms with E-state index in [0.29, 0.717) is 0 Å². The Morgan fingerprint density at radius 3 is 2.44 bits per heavy atom. The Balaban J connectivity index is 3.23. The normalized spacial score (nSPS) is 11.9. The number of carboxylic acid groups (broad SMARTS) is 1. The van der Waals surface area contributed by atoms with E-state index in [-0.39, 0.29) is 12.1 Å². The summed E-state index contributed by atoms with van der Waals surface area (Å²) in [5, 5.41) is 18.2. The fraction of sp³-hybridized carbons (Fsp3) is 0.333. The number of aliphatic carboxylic acids is 1. The lowest BCUT2D eigenvalue weighted by molar-refractivity contribution is -0.149. The van der Waals surface area contributed by atoms with Crippen molar-refractivity contribution in [2.45, 2.75) is 19.9 Å². The highest BCUT2D eigenvalue weighted by atomic mass is 19.1. The van der Waals surface area contributed by atoms with Crippen LogP contribution in [-0.2, 0) is 9.59 Å². The van der Waals surface area contributed by atoms with Crippen molar-refractivity contribution in [2.24, 2.45) is 0 Å². The number of likely N-dealkylation sites (N-methyl/N-ethyl adjacent to an activating group) is 1. The van der Waals surface area contributed by atoms with Crippen LogP contribution in [0.15, 0.2) is 18.2 Å². The maximum Gasteiger partial charge on any atom is 0.331 e. The predicted octanol–water partition coefficient (Wildman–Crippen LogP) is 1.53. The molecule has 0 aromatic heterocycles. The van der Waals surface area contributed by atoms with Crippen LogP contribution in [0, 0.1) is 5.82 Å². The number of carbonyl (C=O) groups is 2. The first-order valence-corrected chi connectivity index (χ1v) is 5.36. The molecule has 1 aromatic carbocycles. The molecule has 0 aliphatic rings. The summed E-state index contributed by atoms with van der Waals surface area (Å²) in [4.78, 5) is 23.7. The van der Waals surface area contributed by atoms with Gasteiger partial charge in [0.1, 0.15) is 0 Å². The molecule has 1 rings (SSSR count). The van der Waals surface area contributed by atoms with Gasteiger partial charge in [-0.15, -0.1) is 0 Å². The summed E-state index contributed by atoms with van der Waals surface area (Å²) >= 11 is 0. The van der Waals surface area contributed by atoms with Crippen LogP contribution < -0.4 is 0 Å². The first kappa shape index (κ1) is 14.0. The minimum Gasteiger partial charge on any atom is -0.505 e. The zero-order chi connectivity index (χ0) is 13.9. The van der Waals surface area contributed by atoms with Crippen molar-refractivity contribution in [1.82, 2.24) is 4.90 Å². The van der Waals surface area contributed by atoms with E-state index in [9.17, 15) is 14.0 Å². The van der Waals surface area contributed by atoms with Crippen molar-refractivity contribution in [3.8, 4) is 5.75 Å². The molecule has 2 N–H and O–H groups in total. The van der Waals surface area contributed by atoms with Crippen molar-refractivity contribution in [1.29, 1.82) is 0 Å². The minimum atomic E-state index is -1.26. The lowest BCUT2D eigenvalue weighted by Crippen LogP contribution is -2.37. The monoisotopic (exact) mass is 255 g/mol. The molecule has 0 fully saturated rings. The van der Waals surface area contributed by atoms with Gasteiger partial charge in [-0.2, -0.15) is 0 Å². The van der Waals surface area contributed by atoms with Gasteiger partial charge in [0.05, 0.1) is 0 Å². The summed E-state index contributed by atoms with van der Waals surface area (Å²) in [7, 11) is 0. The van der Waals surface area contributed by atoms with Crippen LogP contribution in [0.3, 0.4) is 0 Å². The first-order valence-electron chi connectivity index (χ1n) is 5.36. The topological polar surface area (TPSA) is 77.8 Å². The molecule has 0 spiro atoms. The number of rotatable bonds is 4. The van der Waals surface area contributed by atoms with Gasteiger partial charge >= 0.3 is 5.97 Å². The Labute approximate surface area is 103 Å². The molecule has 0 heterocycles. The number of aromatic hydroxyl groups is 1. The molecule has 0 aliphatic heterocycles. The number of amides is 1. The molecule has 5 nitrogen and oxygen atoms in total. The number of halogens is 1. The average molecular weight is 255 g/mol. The molecule has 0 aliphatic carbocycles. The Hall–Kier alpha value is -2.11. The van der Waals surface area contributed by atoms with Gasteiger partial charge in [0.2, 0.25) is 5.91 Å². The average Bonchev–Trinajstić information content (AvgIpc) is 2.28. The number of phenolic OH excluding ortho intramolecular Hbond substituents is 1. The van der Waals surface area contributed by atoms with E-state index in [1.807, 2.05) is 0 Å². The van der Waals surface area contributed by atoms with Crippen LogP contribution in [0.2, 0.25) is 0 Å². The van der Waals surface area contributed by atoms with Gasteiger partial charge in [-0.25, -0.2) is 9.18 Å². The van der Waals surface area contributed by atoms with Crippen LogP contribution in [0.5, 0.6) is 5.75 Å². The molecular weight excluding hydrogens is 241 g/mol. The Bertz CT molecular complexity index is 475. The van der Waals surface area contributed by atoms with Gasteiger partial charge in [-0.1, -0.05) is 6.07 Å². The molecule has 1 atom stereocenters. The SMILES string of the molecule is CCN(C(C)=O)C(C(=O)O)c1ccc(O)c(F)c1. The summed E-state index contributed by atoms with van der Waals surface area (Å²) < 4.78 is 13.2. The van der Waals surface area contributed by atoms with E-state index in [4.69, 9.17) is 10.2 Å². The van der Waals surface area contributed by atoms with E-state index in [2.05, 4.69) is 0 Å². The van der Waals surface area contributed by atoms with Gasteiger partial charge in [0.25, 0.3) is 0 Å². The second-order valence-corrected chi connectivity index (χ2v) is 3.76. The Morgan fingerprint density at radius 1 is 1.44 bits per heavy atom. The molecule has 0 bridgehead atoms. The lowest BCUT2D eigenvalue weighted by atomic mass is 10.0. The number of benzene rings is 1. The second kappa shape index (κ2) is 5.48. The van der Waals surface area contributed by atoms with E-state index in [1.165, 1.54) is 13.0 Å². The highest BCUT2D eigenvalue weighted by Crippen LogP contribution is 2.25. The summed E-state index contributed by atoms with van der Waals surface area (Å²) in [5.74, 6) is -3.15. The number of hydrogen-bond donors (Lipinski definition) is 2. The fourth-order valence-corrected chi connectivity index (χ4v) is 1.74. The molecule has 1 amide bonds. The summed E-state index contributed by atoms with van der Waals surface area (Å²) in [6.45, 7) is 3.07. The Morgan fingerprint density at radius 2 is 2.06 bits per heavy atom. The largest absolute Gasteiger partial charge is 0.505 e. The third-order valence-electron chi connectivity index (χ3n) is 2.58. The maximum absolute atomic E-state index is 13.2. The number of carbonyl (C=O) groups excluding carboxylic acids is 1. The molecular formula is C12H14FNO4. The van der Waals surface area contributed by atoms with Gasteiger partial charge in [-0.05, 0) is 24.6 Å². The van der Waals surface area contributed by atoms with Crippen molar-refractivity contribution < 1.29 is 24.2 Å². The number of phenols is 1. The van der Waals surface area contributed by atoms with E-state index in [0.717, 1.165) is 17.0 Å². The molecule has 1 aromatic rings. The highest BCUT2D eigenvalue weighted by Gasteiger charge is 2.28. The maximum atomic E-state index is 13.2. The zero-order valence-electron chi connectivity index (χ0n) is 10.1. The third-order valence-corrected chi connectivity index (χ3v) is 2.58. The fourth-order valence-electron chi connectivity index (χ4n) is 1.74. The van der Waals surface area contributed by atoms with E-state index >= 15 is 0 Å². The van der Waals surface area contributed by atoms with Crippen LogP contribution >= 0.6 is 0 Å². The van der Waals surface area contributed by atoms with Crippen LogP contribution in [0.4, 0.5) is 4.39 Å². The van der Waals surface area contributed by atoms with Crippen molar-refractivity contribution >= 4 is 11.9 Å². The van der Waals surface area contributed by atoms with E-state index < -0.39 is 29.5 Å². The first-order chi connectivity index (χ1) is 8.38.